The monoisotopic (exact) mass is 308 g/mol. The van der Waals surface area contributed by atoms with Crippen molar-refractivity contribution >= 4 is 21.8 Å². The van der Waals surface area contributed by atoms with Crippen LogP contribution in [0.4, 0.5) is 5.88 Å². The smallest absolute Gasteiger partial charge is 0.230 e. The topological polar surface area (TPSA) is 52.0 Å². The largest absolute Gasteiger partial charge is 0.367 e. The first-order valence-corrected chi connectivity index (χ1v) is 6.87. The molecule has 0 atom stereocenters. The summed E-state index contributed by atoms with van der Waals surface area (Å²) >= 11 is 3.54. The fourth-order valence-electron chi connectivity index (χ4n) is 1.89. The first-order chi connectivity index (χ1) is 8.59. The normalized spacial score (nSPS) is 11.1. The van der Waals surface area contributed by atoms with Gasteiger partial charge in [-0.05, 0) is 24.8 Å². The van der Waals surface area contributed by atoms with Crippen LogP contribution in [0.2, 0.25) is 0 Å². The van der Waals surface area contributed by atoms with Crippen molar-refractivity contribution in [2.24, 2.45) is 5.92 Å². The zero-order chi connectivity index (χ0) is 13.1. The zero-order valence-corrected chi connectivity index (χ0v) is 12.2. The Morgan fingerprint density at radius 2 is 2.06 bits per heavy atom. The van der Waals surface area contributed by atoms with Crippen LogP contribution in [0.25, 0.3) is 11.1 Å². The average Bonchev–Trinajstić information content (AvgIpc) is 2.69. The maximum absolute atomic E-state index is 5.90. The summed E-state index contributed by atoms with van der Waals surface area (Å²) in [4.78, 5) is 0. The molecule has 0 unspecified atom stereocenters. The second-order valence-electron chi connectivity index (χ2n) is 4.78. The van der Waals surface area contributed by atoms with Crippen molar-refractivity contribution in [1.29, 1.82) is 0 Å². The van der Waals surface area contributed by atoms with E-state index in [0.29, 0.717) is 11.8 Å². The molecule has 2 rings (SSSR count). The van der Waals surface area contributed by atoms with Crippen molar-refractivity contribution in [3.63, 3.8) is 0 Å². The Kier molecular flexibility index (Phi) is 4.07. The molecule has 4 heteroatoms. The Labute approximate surface area is 115 Å². The van der Waals surface area contributed by atoms with Gasteiger partial charge in [-0.25, -0.2) is 0 Å². The number of hydrogen-bond acceptors (Lipinski definition) is 3. The van der Waals surface area contributed by atoms with Crippen molar-refractivity contribution in [2.75, 3.05) is 5.73 Å². The molecule has 3 nitrogen and oxygen atoms in total. The molecule has 0 aliphatic heterocycles. The van der Waals surface area contributed by atoms with Gasteiger partial charge < -0.3 is 10.3 Å². The fourth-order valence-corrected chi connectivity index (χ4v) is 2.37. The van der Waals surface area contributed by atoms with E-state index in [-0.39, 0.29) is 0 Å². The highest BCUT2D eigenvalue weighted by Crippen LogP contribution is 2.35. The highest BCUT2D eigenvalue weighted by Gasteiger charge is 2.17. The summed E-state index contributed by atoms with van der Waals surface area (Å²) in [6.07, 6.45) is 1.96. The van der Waals surface area contributed by atoms with Gasteiger partial charge in [0.15, 0.2) is 0 Å². The molecule has 1 aromatic heterocycles. The van der Waals surface area contributed by atoms with Crippen molar-refractivity contribution in [1.82, 2.24) is 5.16 Å². The van der Waals surface area contributed by atoms with E-state index in [1.54, 1.807) is 0 Å². The van der Waals surface area contributed by atoms with Gasteiger partial charge in [-0.15, -0.1) is 0 Å². The van der Waals surface area contributed by atoms with Crippen LogP contribution in [0, 0.1) is 5.92 Å². The van der Waals surface area contributed by atoms with Crippen molar-refractivity contribution in [3.8, 4) is 11.1 Å². The predicted octanol–water partition coefficient (Wildman–Crippen LogP) is 4.27. The van der Waals surface area contributed by atoms with Crippen LogP contribution in [-0.2, 0) is 6.42 Å². The molecule has 0 aliphatic carbocycles. The second-order valence-corrected chi connectivity index (χ2v) is 5.64. The molecule has 0 saturated heterocycles. The standard InChI is InChI=1S/C14H17BrN2O/c1-9(2)7-8-12-13(14(16)18-17-12)10-5-3-4-6-11(10)15/h3-6,9H,7-8,16H2,1-2H3. The molecule has 0 amide bonds. The summed E-state index contributed by atoms with van der Waals surface area (Å²) in [5.74, 6) is 1.02. The zero-order valence-electron chi connectivity index (χ0n) is 10.6. The number of anilines is 1. The predicted molar refractivity (Wildman–Crippen MR) is 77.2 cm³/mol. The molecule has 0 fully saturated rings. The van der Waals surface area contributed by atoms with Gasteiger partial charge in [-0.3, -0.25) is 0 Å². The van der Waals surface area contributed by atoms with Gasteiger partial charge in [0.05, 0.1) is 11.3 Å². The molecule has 0 saturated carbocycles. The molecule has 0 spiro atoms. The summed E-state index contributed by atoms with van der Waals surface area (Å²) in [6, 6.07) is 7.98. The highest BCUT2D eigenvalue weighted by molar-refractivity contribution is 9.10. The van der Waals surface area contributed by atoms with Crippen LogP contribution in [0.3, 0.4) is 0 Å². The minimum Gasteiger partial charge on any atom is -0.367 e. The Morgan fingerprint density at radius 1 is 1.33 bits per heavy atom. The quantitative estimate of drug-likeness (QED) is 0.917. The first kappa shape index (κ1) is 13.1. The number of nitrogen functional groups attached to an aromatic ring is 1. The number of aryl methyl sites for hydroxylation is 1. The molecule has 96 valence electrons. The van der Waals surface area contributed by atoms with E-state index in [9.17, 15) is 0 Å². The van der Waals surface area contributed by atoms with Gasteiger partial charge in [0, 0.05) is 10.0 Å². The van der Waals surface area contributed by atoms with E-state index in [1.807, 2.05) is 24.3 Å². The maximum Gasteiger partial charge on any atom is 0.230 e. The minimum atomic E-state index is 0.389. The summed E-state index contributed by atoms with van der Waals surface area (Å²) in [6.45, 7) is 4.39. The second kappa shape index (κ2) is 5.57. The van der Waals surface area contributed by atoms with Crippen LogP contribution >= 0.6 is 15.9 Å². The summed E-state index contributed by atoms with van der Waals surface area (Å²) in [7, 11) is 0. The number of aromatic nitrogens is 1. The van der Waals surface area contributed by atoms with Crippen molar-refractivity contribution < 1.29 is 4.52 Å². The Hall–Kier alpha value is -1.29. The summed E-state index contributed by atoms with van der Waals surface area (Å²) < 4.78 is 6.15. The highest BCUT2D eigenvalue weighted by atomic mass is 79.9. The summed E-state index contributed by atoms with van der Waals surface area (Å²) in [5.41, 5.74) is 8.79. The molecular weight excluding hydrogens is 292 g/mol. The number of nitrogens with two attached hydrogens (primary N) is 1. The van der Waals surface area contributed by atoms with Crippen LogP contribution in [0.15, 0.2) is 33.3 Å². The fraction of sp³-hybridized carbons (Fsp3) is 0.357. The van der Waals surface area contributed by atoms with Gasteiger partial charge in [0.2, 0.25) is 5.88 Å². The van der Waals surface area contributed by atoms with Crippen LogP contribution in [0.5, 0.6) is 0 Å². The number of halogens is 1. The van der Waals surface area contributed by atoms with Crippen LogP contribution in [-0.4, -0.2) is 5.16 Å². The number of rotatable bonds is 4. The Bertz CT molecular complexity index is 534. The van der Waals surface area contributed by atoms with Gasteiger partial charge in [-0.1, -0.05) is 53.1 Å². The van der Waals surface area contributed by atoms with Gasteiger partial charge >= 0.3 is 0 Å². The van der Waals surface area contributed by atoms with E-state index in [0.717, 1.165) is 34.1 Å². The van der Waals surface area contributed by atoms with E-state index >= 15 is 0 Å². The molecule has 0 radical (unpaired) electrons. The summed E-state index contributed by atoms with van der Waals surface area (Å²) in [5, 5.41) is 4.08. The number of nitrogens with zero attached hydrogens (tertiary/aromatic N) is 1. The van der Waals surface area contributed by atoms with E-state index in [2.05, 4.69) is 34.9 Å². The minimum absolute atomic E-state index is 0.389. The third-order valence-corrected chi connectivity index (χ3v) is 3.58. The molecule has 1 aromatic carbocycles. The Morgan fingerprint density at radius 3 is 2.72 bits per heavy atom. The lowest BCUT2D eigenvalue weighted by atomic mass is 10.00. The molecule has 0 bridgehead atoms. The Balaban J connectivity index is 2.38. The van der Waals surface area contributed by atoms with Crippen LogP contribution < -0.4 is 5.73 Å². The molecule has 1 heterocycles. The SMILES string of the molecule is CC(C)CCc1noc(N)c1-c1ccccc1Br. The molecule has 18 heavy (non-hydrogen) atoms. The lowest BCUT2D eigenvalue weighted by Gasteiger charge is -2.06. The van der Waals surface area contributed by atoms with E-state index < -0.39 is 0 Å². The molecular formula is C14H17BrN2O. The lowest BCUT2D eigenvalue weighted by Crippen LogP contribution is -1.95. The first-order valence-electron chi connectivity index (χ1n) is 6.08. The molecule has 2 N–H and O–H groups in total. The number of benzene rings is 1. The molecule has 0 aliphatic rings. The van der Waals surface area contributed by atoms with Gasteiger partial charge in [0.25, 0.3) is 0 Å². The van der Waals surface area contributed by atoms with Crippen molar-refractivity contribution in [3.05, 3.63) is 34.4 Å². The van der Waals surface area contributed by atoms with Gasteiger partial charge in [-0.2, -0.15) is 0 Å². The average molecular weight is 309 g/mol. The van der Waals surface area contributed by atoms with E-state index in [1.165, 1.54) is 0 Å². The van der Waals surface area contributed by atoms with Crippen LogP contribution in [0.1, 0.15) is 26.0 Å². The van der Waals surface area contributed by atoms with Gasteiger partial charge in [0.1, 0.15) is 0 Å². The maximum atomic E-state index is 5.90. The van der Waals surface area contributed by atoms with E-state index in [4.69, 9.17) is 10.3 Å². The third-order valence-electron chi connectivity index (χ3n) is 2.89. The number of hydrogen-bond donors (Lipinski definition) is 1. The lowest BCUT2D eigenvalue weighted by molar-refractivity contribution is 0.423. The molecule has 2 aromatic rings. The third kappa shape index (κ3) is 2.75. The van der Waals surface area contributed by atoms with Crippen molar-refractivity contribution in [2.45, 2.75) is 26.7 Å².